The highest BCUT2D eigenvalue weighted by Gasteiger charge is 2.64. The second kappa shape index (κ2) is 4.77. The summed E-state index contributed by atoms with van der Waals surface area (Å²) < 4.78 is 11.6. The van der Waals surface area contributed by atoms with Crippen molar-refractivity contribution in [2.75, 3.05) is 6.54 Å². The molecule has 1 aromatic carbocycles. The topological polar surface area (TPSA) is 82.8 Å². The summed E-state index contributed by atoms with van der Waals surface area (Å²) in [5.41, 5.74) is 1.83. The van der Waals surface area contributed by atoms with Gasteiger partial charge in [-0.1, -0.05) is 18.2 Å². The van der Waals surface area contributed by atoms with E-state index < -0.39 is 18.2 Å². The quantitative estimate of drug-likeness (QED) is 0.359. The number of nitrogens with zero attached hydrogens (tertiary/aromatic N) is 2. The number of carbonyl (C=O) groups is 1. The standard InChI is InChI=1S/C19H18N2O4/c1-10(22)24-15-5-2-11-8-13-12-3-4-14(23)18-19(12,6-7-21(13)9-20)16(11)17(15)25-18/h2-5,12-14,18,23H,6-8H2,1H3/t12-,13+,14-,18-,19-/m0/s1. The van der Waals surface area contributed by atoms with Crippen LogP contribution in [0.25, 0.3) is 0 Å². The predicted molar refractivity (Wildman–Crippen MR) is 86.9 cm³/mol. The molecule has 5 atom stereocenters. The van der Waals surface area contributed by atoms with E-state index in [0.717, 1.165) is 24.0 Å². The van der Waals surface area contributed by atoms with Crippen LogP contribution in [0.2, 0.25) is 0 Å². The Bertz CT molecular complexity index is 858. The Labute approximate surface area is 145 Å². The Hall–Kier alpha value is -2.52. The molecular formula is C19H18N2O4. The molecule has 0 saturated carbocycles. The van der Waals surface area contributed by atoms with Crippen LogP contribution in [-0.4, -0.2) is 40.8 Å². The number of ether oxygens (including phenoxy) is 2. The lowest BCUT2D eigenvalue weighted by atomic mass is 9.53. The molecule has 2 heterocycles. The zero-order valence-corrected chi connectivity index (χ0v) is 13.8. The number of benzene rings is 1. The molecule has 1 aromatic rings. The summed E-state index contributed by atoms with van der Waals surface area (Å²) in [6.45, 7) is 2.02. The minimum absolute atomic E-state index is 0.0756. The van der Waals surface area contributed by atoms with Gasteiger partial charge < -0.3 is 19.5 Å². The minimum Gasteiger partial charge on any atom is -0.482 e. The maximum atomic E-state index is 11.5. The number of hydrogen-bond donors (Lipinski definition) is 1. The van der Waals surface area contributed by atoms with E-state index in [1.54, 1.807) is 12.1 Å². The van der Waals surface area contributed by atoms with E-state index in [4.69, 9.17) is 9.47 Å². The van der Waals surface area contributed by atoms with Crippen molar-refractivity contribution in [3.8, 4) is 17.7 Å². The molecule has 4 aliphatic rings. The van der Waals surface area contributed by atoms with Crippen LogP contribution in [0, 0.1) is 17.4 Å². The van der Waals surface area contributed by atoms with Gasteiger partial charge >= 0.3 is 5.97 Å². The van der Waals surface area contributed by atoms with Gasteiger partial charge in [0.2, 0.25) is 0 Å². The molecule has 2 aliphatic carbocycles. The molecule has 0 unspecified atom stereocenters. The van der Waals surface area contributed by atoms with Gasteiger partial charge in [0.05, 0.1) is 6.04 Å². The molecule has 1 spiro atoms. The zero-order valence-electron chi connectivity index (χ0n) is 13.8. The number of aliphatic hydroxyl groups excluding tert-OH is 1. The number of aliphatic hydroxyl groups is 1. The molecule has 6 nitrogen and oxygen atoms in total. The van der Waals surface area contributed by atoms with E-state index >= 15 is 0 Å². The summed E-state index contributed by atoms with van der Waals surface area (Å²) >= 11 is 0. The highest BCUT2D eigenvalue weighted by molar-refractivity contribution is 5.72. The second-order valence-corrected chi connectivity index (χ2v) is 7.32. The molecule has 1 saturated heterocycles. The zero-order chi connectivity index (χ0) is 17.3. The number of esters is 1. The van der Waals surface area contributed by atoms with Gasteiger partial charge in [0, 0.05) is 30.4 Å². The Morgan fingerprint density at radius 2 is 2.32 bits per heavy atom. The number of likely N-dealkylation sites (tertiary alicyclic amines) is 1. The molecule has 0 aromatic heterocycles. The minimum atomic E-state index is -0.714. The van der Waals surface area contributed by atoms with Crippen molar-refractivity contribution in [1.82, 2.24) is 4.90 Å². The van der Waals surface area contributed by atoms with Gasteiger partial charge in [-0.05, 0) is 24.5 Å². The fourth-order valence-electron chi connectivity index (χ4n) is 5.41. The van der Waals surface area contributed by atoms with Gasteiger partial charge in [0.15, 0.2) is 17.7 Å². The van der Waals surface area contributed by atoms with E-state index in [9.17, 15) is 15.2 Å². The Morgan fingerprint density at radius 1 is 1.48 bits per heavy atom. The molecule has 0 radical (unpaired) electrons. The van der Waals surface area contributed by atoms with Crippen molar-refractivity contribution in [1.29, 1.82) is 5.26 Å². The van der Waals surface area contributed by atoms with Gasteiger partial charge in [0.25, 0.3) is 0 Å². The highest BCUT2D eigenvalue weighted by atomic mass is 16.6. The molecular weight excluding hydrogens is 320 g/mol. The predicted octanol–water partition coefficient (Wildman–Crippen LogP) is 1.27. The van der Waals surface area contributed by atoms with Crippen LogP contribution in [0.3, 0.4) is 0 Å². The summed E-state index contributed by atoms with van der Waals surface area (Å²) in [6.07, 6.45) is 6.52. The first-order valence-corrected chi connectivity index (χ1v) is 8.60. The molecule has 1 fully saturated rings. The third-order valence-corrected chi connectivity index (χ3v) is 6.24. The lowest BCUT2D eigenvalue weighted by Gasteiger charge is -2.55. The van der Waals surface area contributed by atoms with Gasteiger partial charge in [-0.15, -0.1) is 0 Å². The van der Waals surface area contributed by atoms with Crippen LogP contribution in [0.4, 0.5) is 0 Å². The van der Waals surface area contributed by atoms with E-state index in [1.165, 1.54) is 6.92 Å². The van der Waals surface area contributed by atoms with E-state index in [-0.39, 0.29) is 17.4 Å². The number of nitriles is 1. The summed E-state index contributed by atoms with van der Waals surface area (Å²) in [4.78, 5) is 13.3. The molecule has 2 aliphatic heterocycles. The van der Waals surface area contributed by atoms with Crippen LogP contribution in [0.5, 0.6) is 11.5 Å². The molecule has 0 amide bonds. The van der Waals surface area contributed by atoms with Crippen LogP contribution < -0.4 is 9.47 Å². The average Bonchev–Trinajstić information content (AvgIpc) is 2.93. The average molecular weight is 338 g/mol. The van der Waals surface area contributed by atoms with Crippen LogP contribution in [0.15, 0.2) is 24.3 Å². The van der Waals surface area contributed by atoms with Gasteiger partial charge in [-0.3, -0.25) is 4.79 Å². The highest BCUT2D eigenvalue weighted by Crippen LogP contribution is 2.62. The van der Waals surface area contributed by atoms with Gasteiger partial charge in [-0.25, -0.2) is 0 Å². The third kappa shape index (κ3) is 1.69. The monoisotopic (exact) mass is 338 g/mol. The smallest absolute Gasteiger partial charge is 0.308 e. The Morgan fingerprint density at radius 3 is 3.08 bits per heavy atom. The van der Waals surface area contributed by atoms with Gasteiger partial charge in [0.1, 0.15) is 12.2 Å². The Balaban J connectivity index is 1.76. The van der Waals surface area contributed by atoms with Crippen LogP contribution >= 0.6 is 0 Å². The normalized spacial score (nSPS) is 36.3. The maximum Gasteiger partial charge on any atom is 0.308 e. The van der Waals surface area contributed by atoms with Crippen molar-refractivity contribution >= 4 is 5.97 Å². The van der Waals surface area contributed by atoms with E-state index in [2.05, 4.69) is 12.3 Å². The molecule has 6 heteroatoms. The van der Waals surface area contributed by atoms with E-state index in [1.807, 2.05) is 11.0 Å². The molecule has 5 rings (SSSR count). The number of hydrogen-bond acceptors (Lipinski definition) is 6. The largest absolute Gasteiger partial charge is 0.482 e. The summed E-state index contributed by atoms with van der Waals surface area (Å²) in [5, 5.41) is 20.1. The number of carbonyl (C=O) groups excluding carboxylic acids is 1. The number of piperidine rings is 1. The molecule has 2 bridgehead atoms. The number of rotatable bonds is 1. The van der Waals surface area contributed by atoms with Crippen molar-refractivity contribution in [3.63, 3.8) is 0 Å². The first kappa shape index (κ1) is 14.8. The lowest BCUT2D eigenvalue weighted by Crippen LogP contribution is -2.64. The van der Waals surface area contributed by atoms with E-state index in [0.29, 0.717) is 18.0 Å². The molecule has 25 heavy (non-hydrogen) atoms. The van der Waals surface area contributed by atoms with Crippen molar-refractivity contribution in [2.24, 2.45) is 5.92 Å². The first-order valence-electron chi connectivity index (χ1n) is 8.60. The molecule has 1 N–H and O–H groups in total. The summed E-state index contributed by atoms with van der Waals surface area (Å²) in [7, 11) is 0. The fourth-order valence-corrected chi connectivity index (χ4v) is 5.41. The lowest BCUT2D eigenvalue weighted by molar-refractivity contribution is -0.132. The SMILES string of the molecule is CC(=O)Oc1ccc2c3c1O[C@H]1[C@@H](O)C=C[C@H]4[C@@H](C2)N(C#N)CC[C@@]341. The van der Waals surface area contributed by atoms with Crippen molar-refractivity contribution in [2.45, 2.75) is 43.4 Å². The Kier molecular flexibility index (Phi) is 2.82. The molecule has 128 valence electrons. The second-order valence-electron chi connectivity index (χ2n) is 7.32. The van der Waals surface area contributed by atoms with Gasteiger partial charge in [-0.2, -0.15) is 5.26 Å². The van der Waals surface area contributed by atoms with Crippen LogP contribution in [-0.2, 0) is 16.6 Å². The first-order chi connectivity index (χ1) is 12.1. The summed E-state index contributed by atoms with van der Waals surface area (Å²) in [5.74, 6) is 0.724. The summed E-state index contributed by atoms with van der Waals surface area (Å²) in [6, 6.07) is 3.81. The fraction of sp³-hybridized carbons (Fsp3) is 0.474. The van der Waals surface area contributed by atoms with Crippen LogP contribution in [0.1, 0.15) is 24.5 Å². The van der Waals surface area contributed by atoms with Crippen molar-refractivity contribution < 1.29 is 19.4 Å². The third-order valence-electron chi connectivity index (χ3n) is 6.24. The maximum absolute atomic E-state index is 11.5. The van der Waals surface area contributed by atoms with Crippen molar-refractivity contribution in [3.05, 3.63) is 35.4 Å².